The van der Waals surface area contributed by atoms with Crippen molar-refractivity contribution < 1.29 is 14.7 Å². The van der Waals surface area contributed by atoms with E-state index in [1.165, 1.54) is 0 Å². The number of carbonyl (C=O) groups is 2. The number of hydrogen-bond donors (Lipinski definition) is 2. The minimum Gasteiger partial charge on any atom is -0.479 e. The molecule has 1 saturated heterocycles. The van der Waals surface area contributed by atoms with Crippen molar-refractivity contribution in [3.63, 3.8) is 0 Å². The summed E-state index contributed by atoms with van der Waals surface area (Å²) in [7, 11) is 0. The van der Waals surface area contributed by atoms with Gasteiger partial charge in [0.1, 0.15) is 5.82 Å². The number of hydrogen-bond acceptors (Lipinski definition) is 5. The zero-order chi connectivity index (χ0) is 19.4. The van der Waals surface area contributed by atoms with Crippen LogP contribution in [0.4, 0.5) is 10.6 Å². The largest absolute Gasteiger partial charge is 0.479 e. The number of aromatic nitrogens is 2. The quantitative estimate of drug-likeness (QED) is 0.852. The predicted molar refractivity (Wildman–Crippen MR) is 101 cm³/mol. The van der Waals surface area contributed by atoms with Crippen LogP contribution in [0.3, 0.4) is 0 Å². The van der Waals surface area contributed by atoms with E-state index >= 15 is 0 Å². The molecule has 1 fully saturated rings. The van der Waals surface area contributed by atoms with Crippen LogP contribution in [0.5, 0.6) is 0 Å². The monoisotopic (exact) mass is 369 g/mol. The van der Waals surface area contributed by atoms with Crippen LogP contribution in [-0.4, -0.2) is 58.2 Å². The number of amides is 2. The molecule has 2 amide bonds. The number of piperazine rings is 1. The maximum atomic E-state index is 12.6. The van der Waals surface area contributed by atoms with Crippen LogP contribution in [0.2, 0.25) is 0 Å². The summed E-state index contributed by atoms with van der Waals surface area (Å²) in [6.07, 6.45) is 1.73. The van der Waals surface area contributed by atoms with Gasteiger partial charge in [-0.2, -0.15) is 0 Å². The van der Waals surface area contributed by atoms with Gasteiger partial charge in [-0.25, -0.2) is 14.6 Å². The molecule has 1 atom stereocenters. The first-order chi connectivity index (χ1) is 13.0. The Hall–Kier alpha value is -3.16. The molecule has 3 rings (SSSR count). The van der Waals surface area contributed by atoms with Crippen LogP contribution in [0.25, 0.3) is 0 Å². The standard InChI is InChI=1S/C19H23N5O3/c1-13-12-20-14(2)17(21-13)23-8-10-24(11-9-23)19(27)22-16(18(25)26)15-6-4-3-5-7-15/h3-7,12,16H,8-11H2,1-2H3,(H,22,27)(H,25,26)/t16-/m0/s1. The Morgan fingerprint density at radius 2 is 1.78 bits per heavy atom. The maximum absolute atomic E-state index is 12.6. The van der Waals surface area contributed by atoms with Crippen LogP contribution in [-0.2, 0) is 4.79 Å². The van der Waals surface area contributed by atoms with Gasteiger partial charge >= 0.3 is 12.0 Å². The van der Waals surface area contributed by atoms with Crippen molar-refractivity contribution in [3.8, 4) is 0 Å². The second kappa shape index (κ2) is 8.03. The Morgan fingerprint density at radius 3 is 2.41 bits per heavy atom. The number of carbonyl (C=O) groups excluding carboxylic acids is 1. The van der Waals surface area contributed by atoms with E-state index in [-0.39, 0.29) is 6.03 Å². The summed E-state index contributed by atoms with van der Waals surface area (Å²) in [6, 6.07) is 7.24. The van der Waals surface area contributed by atoms with Crippen molar-refractivity contribution in [2.24, 2.45) is 0 Å². The molecule has 1 aliphatic heterocycles. The average Bonchev–Trinajstić information content (AvgIpc) is 2.68. The Labute approximate surface area is 157 Å². The second-order valence-electron chi connectivity index (χ2n) is 6.53. The molecule has 1 aliphatic rings. The van der Waals surface area contributed by atoms with Crippen LogP contribution in [0.15, 0.2) is 36.5 Å². The highest BCUT2D eigenvalue weighted by atomic mass is 16.4. The van der Waals surface area contributed by atoms with Crippen molar-refractivity contribution in [1.82, 2.24) is 20.2 Å². The third-order valence-corrected chi connectivity index (χ3v) is 4.56. The molecule has 2 heterocycles. The Bertz CT molecular complexity index is 819. The molecule has 27 heavy (non-hydrogen) atoms. The van der Waals surface area contributed by atoms with E-state index in [9.17, 15) is 14.7 Å². The predicted octanol–water partition coefficient (Wildman–Crippen LogP) is 1.75. The van der Waals surface area contributed by atoms with E-state index in [0.29, 0.717) is 31.7 Å². The number of carboxylic acid groups (broad SMARTS) is 1. The lowest BCUT2D eigenvalue weighted by molar-refractivity contribution is -0.139. The fraction of sp³-hybridized carbons (Fsp3) is 0.368. The van der Waals surface area contributed by atoms with E-state index in [4.69, 9.17) is 0 Å². The third-order valence-electron chi connectivity index (χ3n) is 4.56. The molecule has 8 nitrogen and oxygen atoms in total. The first-order valence-corrected chi connectivity index (χ1v) is 8.84. The molecule has 0 bridgehead atoms. The van der Waals surface area contributed by atoms with Gasteiger partial charge in [0.25, 0.3) is 0 Å². The SMILES string of the molecule is Cc1cnc(C)c(N2CCN(C(=O)N[C@H](C(=O)O)c3ccccc3)CC2)n1. The lowest BCUT2D eigenvalue weighted by atomic mass is 10.1. The lowest BCUT2D eigenvalue weighted by Gasteiger charge is -2.36. The highest BCUT2D eigenvalue weighted by Crippen LogP contribution is 2.18. The van der Waals surface area contributed by atoms with E-state index in [2.05, 4.69) is 20.2 Å². The molecule has 2 N–H and O–H groups in total. The zero-order valence-electron chi connectivity index (χ0n) is 15.4. The van der Waals surface area contributed by atoms with Gasteiger partial charge in [-0.1, -0.05) is 30.3 Å². The molecule has 0 unspecified atom stereocenters. The fourth-order valence-corrected chi connectivity index (χ4v) is 3.09. The van der Waals surface area contributed by atoms with Gasteiger partial charge in [-0.3, -0.25) is 4.98 Å². The molecular formula is C19H23N5O3. The molecule has 0 aliphatic carbocycles. The third kappa shape index (κ3) is 4.33. The molecule has 0 saturated carbocycles. The summed E-state index contributed by atoms with van der Waals surface area (Å²) in [5.41, 5.74) is 2.25. The number of carboxylic acids is 1. The lowest BCUT2D eigenvalue weighted by Crippen LogP contribution is -2.53. The molecule has 0 spiro atoms. The van der Waals surface area contributed by atoms with E-state index in [1.807, 2.05) is 13.8 Å². The molecule has 0 radical (unpaired) electrons. The summed E-state index contributed by atoms with van der Waals surface area (Å²) in [5, 5.41) is 12.1. The van der Waals surface area contributed by atoms with Gasteiger partial charge in [-0.05, 0) is 19.4 Å². The minimum absolute atomic E-state index is 0.377. The van der Waals surface area contributed by atoms with Crippen molar-refractivity contribution in [3.05, 3.63) is 53.5 Å². The van der Waals surface area contributed by atoms with Crippen molar-refractivity contribution in [1.29, 1.82) is 0 Å². The first kappa shape index (κ1) is 18.6. The maximum Gasteiger partial charge on any atom is 0.330 e. The summed E-state index contributed by atoms with van der Waals surface area (Å²) >= 11 is 0. The first-order valence-electron chi connectivity index (χ1n) is 8.84. The molecule has 1 aromatic carbocycles. The van der Waals surface area contributed by atoms with Gasteiger partial charge in [0.05, 0.1) is 11.4 Å². The topological polar surface area (TPSA) is 98.7 Å². The Morgan fingerprint density at radius 1 is 1.11 bits per heavy atom. The Balaban J connectivity index is 1.62. The number of nitrogens with zero attached hydrogens (tertiary/aromatic N) is 4. The van der Waals surface area contributed by atoms with Gasteiger partial charge < -0.3 is 20.2 Å². The number of nitrogens with one attached hydrogen (secondary N) is 1. The molecule has 2 aromatic rings. The second-order valence-corrected chi connectivity index (χ2v) is 6.53. The van der Waals surface area contributed by atoms with Crippen molar-refractivity contribution in [2.45, 2.75) is 19.9 Å². The highest BCUT2D eigenvalue weighted by Gasteiger charge is 2.27. The van der Waals surface area contributed by atoms with Gasteiger partial charge in [-0.15, -0.1) is 0 Å². The van der Waals surface area contributed by atoms with E-state index in [0.717, 1.165) is 17.2 Å². The van der Waals surface area contributed by atoms with Gasteiger partial charge in [0, 0.05) is 32.4 Å². The summed E-state index contributed by atoms with van der Waals surface area (Å²) in [4.78, 5) is 36.7. The number of urea groups is 1. The number of rotatable bonds is 4. The fourth-order valence-electron chi connectivity index (χ4n) is 3.09. The smallest absolute Gasteiger partial charge is 0.330 e. The number of benzene rings is 1. The van der Waals surface area contributed by atoms with Crippen LogP contribution >= 0.6 is 0 Å². The van der Waals surface area contributed by atoms with E-state index in [1.54, 1.807) is 41.4 Å². The van der Waals surface area contributed by atoms with Crippen LogP contribution in [0.1, 0.15) is 23.0 Å². The number of aryl methyl sites for hydroxylation is 2. The van der Waals surface area contributed by atoms with Crippen molar-refractivity contribution in [2.75, 3.05) is 31.1 Å². The Kier molecular flexibility index (Phi) is 5.54. The normalized spacial score (nSPS) is 15.3. The van der Waals surface area contributed by atoms with Gasteiger partial charge in [0.2, 0.25) is 0 Å². The molecule has 1 aromatic heterocycles. The van der Waals surface area contributed by atoms with Gasteiger partial charge in [0.15, 0.2) is 6.04 Å². The number of aliphatic carboxylic acids is 1. The molecule has 8 heteroatoms. The van der Waals surface area contributed by atoms with Crippen LogP contribution in [0, 0.1) is 13.8 Å². The van der Waals surface area contributed by atoms with Crippen molar-refractivity contribution >= 4 is 17.8 Å². The zero-order valence-corrected chi connectivity index (χ0v) is 15.4. The summed E-state index contributed by atoms with van der Waals surface area (Å²) in [6.45, 7) is 6.03. The number of anilines is 1. The highest BCUT2D eigenvalue weighted by molar-refractivity contribution is 5.83. The minimum atomic E-state index is -1.08. The van der Waals surface area contributed by atoms with E-state index < -0.39 is 12.0 Å². The molecular weight excluding hydrogens is 346 g/mol. The molecule has 142 valence electrons. The van der Waals surface area contributed by atoms with Crippen LogP contribution < -0.4 is 10.2 Å². The summed E-state index contributed by atoms with van der Waals surface area (Å²) in [5.74, 6) is -0.249. The average molecular weight is 369 g/mol. The summed E-state index contributed by atoms with van der Waals surface area (Å²) < 4.78 is 0.